The molecule has 0 spiro atoms. The number of primary amides is 1. The van der Waals surface area contributed by atoms with E-state index >= 15 is 0 Å². The van der Waals surface area contributed by atoms with Crippen LogP contribution in [-0.2, 0) is 13.0 Å². The van der Waals surface area contributed by atoms with Gasteiger partial charge in [0.25, 0.3) is 5.91 Å². The van der Waals surface area contributed by atoms with Gasteiger partial charge in [0, 0.05) is 19.6 Å². The number of likely N-dealkylation sites (tertiary alicyclic amines) is 1. The van der Waals surface area contributed by atoms with Gasteiger partial charge in [-0.05, 0) is 59.7 Å². The van der Waals surface area contributed by atoms with E-state index in [0.29, 0.717) is 5.82 Å². The lowest BCUT2D eigenvalue weighted by Gasteiger charge is -2.15. The molecule has 1 amide bonds. The topological polar surface area (TPSA) is 97.3 Å². The summed E-state index contributed by atoms with van der Waals surface area (Å²) in [7, 11) is 0. The predicted molar refractivity (Wildman–Crippen MR) is 135 cm³/mol. The van der Waals surface area contributed by atoms with E-state index in [1.807, 2.05) is 12.1 Å². The lowest BCUT2D eigenvalue weighted by atomic mass is 9.99. The normalized spacial score (nSPS) is 16.0. The molecule has 0 aliphatic carbocycles. The smallest absolute Gasteiger partial charge is 0.288 e. The molecule has 3 N–H and O–H groups in total. The van der Waals surface area contributed by atoms with Crippen molar-refractivity contribution in [1.29, 1.82) is 0 Å². The summed E-state index contributed by atoms with van der Waals surface area (Å²) in [5, 5.41) is 13.9. The Bertz CT molecular complexity index is 1310. The van der Waals surface area contributed by atoms with E-state index < -0.39 is 5.91 Å². The molecule has 178 valence electrons. The van der Waals surface area contributed by atoms with Crippen LogP contribution in [0, 0.1) is 6.92 Å². The Hall–Kier alpha value is -3.81. The van der Waals surface area contributed by atoms with Gasteiger partial charge in [-0.2, -0.15) is 0 Å². The number of carbonyl (C=O) groups excluding carboxylic acids is 1. The summed E-state index contributed by atoms with van der Waals surface area (Å²) in [6.07, 6.45) is 1.51. The summed E-state index contributed by atoms with van der Waals surface area (Å²) in [5.41, 5.74) is 12.2. The maximum atomic E-state index is 11.3. The third-order valence-electron chi connectivity index (χ3n) is 6.47. The van der Waals surface area contributed by atoms with E-state index in [1.165, 1.54) is 27.8 Å². The lowest BCUT2D eigenvalue weighted by molar-refractivity contribution is 0.0990. The molecular weight excluding hydrogens is 438 g/mol. The monoisotopic (exact) mass is 467 g/mol. The van der Waals surface area contributed by atoms with Crippen molar-refractivity contribution in [3.63, 3.8) is 0 Å². The fourth-order valence-corrected chi connectivity index (χ4v) is 4.56. The van der Waals surface area contributed by atoms with Crippen molar-refractivity contribution in [2.45, 2.75) is 32.4 Å². The lowest BCUT2D eigenvalue weighted by Crippen LogP contribution is -2.21. The van der Waals surface area contributed by atoms with Crippen molar-refractivity contribution < 1.29 is 9.90 Å². The molecule has 4 aromatic rings. The fourth-order valence-electron chi connectivity index (χ4n) is 4.56. The number of rotatable bonds is 7. The molecule has 1 unspecified atom stereocenters. The second-order valence-corrected chi connectivity index (χ2v) is 9.17. The summed E-state index contributed by atoms with van der Waals surface area (Å²) >= 11 is 0. The first-order valence-electron chi connectivity index (χ1n) is 11.9. The van der Waals surface area contributed by atoms with Crippen molar-refractivity contribution in [3.05, 3.63) is 101 Å². The Labute approximate surface area is 204 Å². The molecule has 1 saturated heterocycles. The molecule has 1 fully saturated rings. The summed E-state index contributed by atoms with van der Waals surface area (Å²) in [6.45, 7) is 4.41. The predicted octanol–water partition coefficient (Wildman–Crippen LogP) is 3.50. The number of nitrogens with zero attached hydrogens (tertiary/aromatic N) is 4. The minimum absolute atomic E-state index is 0.0211. The summed E-state index contributed by atoms with van der Waals surface area (Å²) in [4.78, 5) is 17.7. The van der Waals surface area contributed by atoms with E-state index in [1.54, 1.807) is 11.6 Å². The maximum Gasteiger partial charge on any atom is 0.288 e. The molecule has 0 saturated carbocycles. The SMILES string of the molecule is Cc1nc(C(N)=O)nn1-c1ccc(Cc2ccc(-c3ccc(CN4CCC(O)C4)cc3)cc2)cc1. The number of aliphatic hydroxyl groups excluding tert-OH is 1. The van der Waals surface area contributed by atoms with Crippen LogP contribution in [-0.4, -0.2) is 49.9 Å². The van der Waals surface area contributed by atoms with Gasteiger partial charge in [-0.15, -0.1) is 5.10 Å². The average Bonchev–Trinajstić information content (AvgIpc) is 3.46. The van der Waals surface area contributed by atoms with Gasteiger partial charge in [-0.25, -0.2) is 9.67 Å². The first-order chi connectivity index (χ1) is 16.9. The molecule has 35 heavy (non-hydrogen) atoms. The van der Waals surface area contributed by atoms with Gasteiger partial charge in [-0.1, -0.05) is 60.7 Å². The van der Waals surface area contributed by atoms with Crippen molar-refractivity contribution in [2.24, 2.45) is 5.73 Å². The van der Waals surface area contributed by atoms with Crippen LogP contribution in [0.4, 0.5) is 0 Å². The highest BCUT2D eigenvalue weighted by Gasteiger charge is 2.19. The minimum Gasteiger partial charge on any atom is -0.392 e. The van der Waals surface area contributed by atoms with Crippen molar-refractivity contribution in [3.8, 4) is 16.8 Å². The largest absolute Gasteiger partial charge is 0.392 e. The van der Waals surface area contributed by atoms with Gasteiger partial charge in [0.15, 0.2) is 0 Å². The number of aliphatic hydroxyl groups is 1. The summed E-state index contributed by atoms with van der Waals surface area (Å²) < 4.78 is 1.62. The number of aryl methyl sites for hydroxylation is 1. The second-order valence-electron chi connectivity index (χ2n) is 9.17. The van der Waals surface area contributed by atoms with E-state index in [-0.39, 0.29) is 11.9 Å². The van der Waals surface area contributed by atoms with Crippen LogP contribution in [0.25, 0.3) is 16.8 Å². The first kappa shape index (κ1) is 23.0. The zero-order valence-corrected chi connectivity index (χ0v) is 19.8. The Morgan fingerprint density at radius 3 is 2.03 bits per heavy atom. The van der Waals surface area contributed by atoms with E-state index in [0.717, 1.165) is 38.2 Å². The molecule has 7 nitrogen and oxygen atoms in total. The van der Waals surface area contributed by atoms with Crippen LogP contribution < -0.4 is 5.73 Å². The molecule has 5 rings (SSSR count). The number of carbonyl (C=O) groups is 1. The molecule has 7 heteroatoms. The van der Waals surface area contributed by atoms with E-state index in [9.17, 15) is 9.90 Å². The first-order valence-corrected chi connectivity index (χ1v) is 11.9. The highest BCUT2D eigenvalue weighted by atomic mass is 16.3. The number of aromatic nitrogens is 3. The molecule has 3 aromatic carbocycles. The number of hydrogen-bond acceptors (Lipinski definition) is 5. The number of nitrogens with two attached hydrogens (primary N) is 1. The zero-order chi connectivity index (χ0) is 24.4. The molecule has 1 atom stereocenters. The molecule has 1 aromatic heterocycles. The summed E-state index contributed by atoms with van der Waals surface area (Å²) in [5.74, 6) is 0.00318. The standard InChI is InChI=1S/C28H29N5O2/c1-19-30-28(27(29)35)31-33(19)25-12-6-21(7-13-25)16-20-2-8-23(9-3-20)24-10-4-22(5-11-24)17-32-15-14-26(34)18-32/h2-13,26,34H,14-18H2,1H3,(H2,29,35). The number of amides is 1. The number of hydrogen-bond donors (Lipinski definition) is 2. The van der Waals surface area contributed by atoms with Crippen LogP contribution >= 0.6 is 0 Å². The van der Waals surface area contributed by atoms with Crippen LogP contribution in [0.3, 0.4) is 0 Å². The highest BCUT2D eigenvalue weighted by molar-refractivity contribution is 5.88. The van der Waals surface area contributed by atoms with Gasteiger partial charge in [0.05, 0.1) is 11.8 Å². The maximum absolute atomic E-state index is 11.3. The third-order valence-corrected chi connectivity index (χ3v) is 6.47. The van der Waals surface area contributed by atoms with Crippen molar-refractivity contribution >= 4 is 5.91 Å². The minimum atomic E-state index is -0.634. The zero-order valence-electron chi connectivity index (χ0n) is 19.8. The number of benzene rings is 3. The Kier molecular flexibility index (Phi) is 6.44. The quantitative estimate of drug-likeness (QED) is 0.434. The Morgan fingerprint density at radius 2 is 1.51 bits per heavy atom. The van der Waals surface area contributed by atoms with E-state index in [2.05, 4.69) is 75.6 Å². The van der Waals surface area contributed by atoms with Gasteiger partial charge < -0.3 is 10.8 Å². The van der Waals surface area contributed by atoms with Gasteiger partial charge >= 0.3 is 0 Å². The van der Waals surface area contributed by atoms with Crippen LogP contribution in [0.5, 0.6) is 0 Å². The van der Waals surface area contributed by atoms with Crippen LogP contribution in [0.15, 0.2) is 72.8 Å². The molecule has 1 aliphatic heterocycles. The fraction of sp³-hybridized carbons (Fsp3) is 0.250. The molecule has 0 bridgehead atoms. The molecular formula is C28H29N5O2. The second kappa shape index (κ2) is 9.82. The van der Waals surface area contributed by atoms with Gasteiger partial charge in [0.2, 0.25) is 5.82 Å². The Morgan fingerprint density at radius 1 is 0.943 bits per heavy atom. The molecule has 2 heterocycles. The van der Waals surface area contributed by atoms with Crippen molar-refractivity contribution in [2.75, 3.05) is 13.1 Å². The van der Waals surface area contributed by atoms with Gasteiger partial charge in [-0.3, -0.25) is 9.69 Å². The average molecular weight is 468 g/mol. The van der Waals surface area contributed by atoms with Gasteiger partial charge in [0.1, 0.15) is 5.82 Å². The third kappa shape index (κ3) is 5.31. The van der Waals surface area contributed by atoms with Crippen molar-refractivity contribution in [1.82, 2.24) is 19.7 Å². The highest BCUT2D eigenvalue weighted by Crippen LogP contribution is 2.23. The summed E-state index contributed by atoms with van der Waals surface area (Å²) in [6, 6.07) is 25.4. The van der Waals surface area contributed by atoms with Crippen LogP contribution in [0.1, 0.15) is 39.6 Å². The molecule has 1 aliphatic rings. The van der Waals surface area contributed by atoms with E-state index in [4.69, 9.17) is 5.73 Å². The molecule has 0 radical (unpaired) electrons. The Balaban J connectivity index is 1.22. The number of β-amino-alcohol motifs (C(OH)–C–C–N with tert-alkyl or cyclic N) is 1. The van der Waals surface area contributed by atoms with Crippen LogP contribution in [0.2, 0.25) is 0 Å².